The lowest BCUT2D eigenvalue weighted by atomic mass is 9.75. The van der Waals surface area contributed by atoms with Crippen LogP contribution in [0.3, 0.4) is 0 Å². The average Bonchev–Trinajstić information content (AvgIpc) is 3.14. The molecule has 0 aliphatic heterocycles. The summed E-state index contributed by atoms with van der Waals surface area (Å²) in [6.45, 7) is 16.1. The van der Waals surface area contributed by atoms with E-state index in [1.165, 1.54) is 22.3 Å². The summed E-state index contributed by atoms with van der Waals surface area (Å²) >= 11 is 0. The highest BCUT2D eigenvalue weighted by atomic mass is 15.1. The molecule has 0 aliphatic carbocycles. The van der Waals surface area contributed by atoms with Crippen molar-refractivity contribution >= 4 is 34.1 Å². The van der Waals surface area contributed by atoms with Crippen LogP contribution in [0.1, 0.15) is 66.0 Å². The second-order valence-corrected chi connectivity index (χ2v) is 14.6. The van der Waals surface area contributed by atoms with Gasteiger partial charge in [0.15, 0.2) is 0 Å². The first-order chi connectivity index (χ1) is 23.6. The normalized spacial score (nSPS) is 11.8. The number of benzene rings is 6. The highest BCUT2D eigenvalue weighted by Gasteiger charge is 2.25. The lowest BCUT2D eigenvalue weighted by molar-refractivity contribution is 0.372. The summed E-state index contributed by atoms with van der Waals surface area (Å²) in [5, 5.41) is 0. The van der Waals surface area contributed by atoms with Gasteiger partial charge in [-0.2, -0.15) is 0 Å². The van der Waals surface area contributed by atoms with Crippen molar-refractivity contribution in [3.8, 4) is 11.1 Å². The molecule has 0 atom stereocenters. The topological polar surface area (TPSA) is 6.48 Å². The van der Waals surface area contributed by atoms with Gasteiger partial charge in [-0.25, -0.2) is 0 Å². The van der Waals surface area contributed by atoms with E-state index in [1.807, 2.05) is 0 Å². The van der Waals surface area contributed by atoms with Gasteiger partial charge in [0.05, 0.1) is 0 Å². The van der Waals surface area contributed by atoms with Crippen molar-refractivity contribution in [3.63, 3.8) is 0 Å². The monoisotopic (exact) mass is 642 g/mol. The summed E-state index contributed by atoms with van der Waals surface area (Å²) in [4.78, 5) is 4.67. The van der Waals surface area contributed by atoms with Gasteiger partial charge in [-0.1, -0.05) is 133 Å². The second-order valence-electron chi connectivity index (χ2n) is 14.6. The van der Waals surface area contributed by atoms with E-state index in [-0.39, 0.29) is 10.8 Å². The fraction of sp³-hybridized carbons (Fsp3) is 0.234. The Labute approximate surface area is 294 Å². The van der Waals surface area contributed by atoms with Crippen molar-refractivity contribution in [2.75, 3.05) is 9.80 Å². The quantitative estimate of drug-likeness (QED) is 0.139. The molecule has 0 amide bonds. The van der Waals surface area contributed by atoms with Gasteiger partial charge in [-0.3, -0.25) is 0 Å². The van der Waals surface area contributed by atoms with Gasteiger partial charge in [-0.15, -0.1) is 0 Å². The molecule has 6 aromatic carbocycles. The molecule has 248 valence electrons. The van der Waals surface area contributed by atoms with Crippen LogP contribution in [0.25, 0.3) is 11.1 Å². The van der Waals surface area contributed by atoms with Crippen LogP contribution in [-0.2, 0) is 10.8 Å². The molecular weight excluding hydrogens is 593 g/mol. The van der Waals surface area contributed by atoms with Gasteiger partial charge >= 0.3 is 0 Å². The van der Waals surface area contributed by atoms with Crippen LogP contribution in [0.2, 0.25) is 0 Å². The number of nitrogens with zero attached hydrogens (tertiary/aromatic N) is 2. The number of anilines is 6. The molecule has 0 bridgehead atoms. The van der Waals surface area contributed by atoms with E-state index in [0.29, 0.717) is 5.92 Å². The molecule has 6 rings (SSSR count). The molecule has 2 heteroatoms. The zero-order chi connectivity index (χ0) is 34.6. The maximum absolute atomic E-state index is 2.34. The fourth-order valence-corrected chi connectivity index (χ4v) is 6.29. The fourth-order valence-electron chi connectivity index (χ4n) is 6.29. The minimum absolute atomic E-state index is 0.113. The summed E-state index contributed by atoms with van der Waals surface area (Å²) in [7, 11) is 0. The lowest BCUT2D eigenvalue weighted by Gasteiger charge is -2.31. The Bertz CT molecular complexity index is 1920. The van der Waals surface area contributed by atoms with Crippen LogP contribution in [0.5, 0.6) is 0 Å². The Morgan fingerprint density at radius 2 is 0.714 bits per heavy atom. The van der Waals surface area contributed by atoms with E-state index in [4.69, 9.17) is 0 Å². The van der Waals surface area contributed by atoms with Crippen molar-refractivity contribution in [2.45, 2.75) is 65.7 Å². The van der Waals surface area contributed by atoms with E-state index in [1.54, 1.807) is 0 Å². The van der Waals surface area contributed by atoms with Gasteiger partial charge in [0, 0.05) is 34.1 Å². The highest BCUT2D eigenvalue weighted by molar-refractivity contribution is 5.80. The third-order valence-corrected chi connectivity index (χ3v) is 10.7. The zero-order valence-corrected chi connectivity index (χ0v) is 30.2. The molecule has 0 aliphatic rings. The van der Waals surface area contributed by atoms with Crippen molar-refractivity contribution < 1.29 is 0 Å². The van der Waals surface area contributed by atoms with Gasteiger partial charge in [0.25, 0.3) is 0 Å². The predicted molar refractivity (Wildman–Crippen MR) is 212 cm³/mol. The van der Waals surface area contributed by atoms with Crippen molar-refractivity contribution in [1.29, 1.82) is 0 Å². The van der Waals surface area contributed by atoms with E-state index < -0.39 is 0 Å². The van der Waals surface area contributed by atoms with E-state index in [2.05, 4.69) is 216 Å². The van der Waals surface area contributed by atoms with Crippen molar-refractivity contribution in [2.24, 2.45) is 5.92 Å². The first kappa shape index (κ1) is 33.8. The lowest BCUT2D eigenvalue weighted by Crippen LogP contribution is -2.24. The first-order valence-electron chi connectivity index (χ1n) is 17.7. The Morgan fingerprint density at radius 1 is 0.408 bits per heavy atom. The molecule has 0 spiro atoms. The molecule has 0 aromatic heterocycles. The second kappa shape index (κ2) is 14.2. The Morgan fingerprint density at radius 3 is 1.04 bits per heavy atom. The Balaban J connectivity index is 1.29. The largest absolute Gasteiger partial charge is 0.311 e. The molecule has 0 saturated carbocycles. The zero-order valence-electron chi connectivity index (χ0n) is 30.2. The van der Waals surface area contributed by atoms with Crippen LogP contribution in [0, 0.1) is 5.92 Å². The van der Waals surface area contributed by atoms with Crippen LogP contribution in [-0.4, -0.2) is 0 Å². The summed E-state index contributed by atoms with van der Waals surface area (Å²) in [5.74, 6) is 0.552. The maximum atomic E-state index is 2.34. The molecule has 0 saturated heterocycles. The Hall–Kier alpha value is -5.08. The Kier molecular flexibility index (Phi) is 9.79. The van der Waals surface area contributed by atoms with Gasteiger partial charge in [-0.05, 0) is 118 Å². The summed E-state index contributed by atoms with van der Waals surface area (Å²) in [6.07, 6.45) is 1.10. The van der Waals surface area contributed by atoms with E-state index in [9.17, 15) is 0 Å². The van der Waals surface area contributed by atoms with Crippen LogP contribution in [0.4, 0.5) is 34.1 Å². The SMILES string of the molecule is CCC(C)(C)c1ccc(N(c2ccccc2)c2ccc(-c3ccc(N(c4ccccc4)c4ccc(C(C)(C)C(C)C)cc4)cc3)cc2)cc1. The third kappa shape index (κ3) is 7.20. The minimum Gasteiger partial charge on any atom is -0.311 e. The van der Waals surface area contributed by atoms with Crippen LogP contribution in [0.15, 0.2) is 158 Å². The van der Waals surface area contributed by atoms with E-state index in [0.717, 1.165) is 40.5 Å². The maximum Gasteiger partial charge on any atom is 0.0462 e. The number of rotatable bonds is 11. The molecule has 0 N–H and O–H groups in total. The molecule has 0 unspecified atom stereocenters. The summed E-state index contributed by atoms with van der Waals surface area (Å²) in [6, 6.07) is 57.3. The van der Waals surface area contributed by atoms with Gasteiger partial charge < -0.3 is 9.80 Å². The molecule has 2 nitrogen and oxygen atoms in total. The predicted octanol–water partition coefficient (Wildman–Crippen LogP) is 13.9. The summed E-state index contributed by atoms with van der Waals surface area (Å²) < 4.78 is 0. The standard InChI is InChI=1S/C47H50N2/c1-8-46(4,5)38-23-31-44(32-24-38)48(40-15-11-9-12-16-40)42-27-19-36(20-28-42)37-21-29-43(30-22-37)49(41-17-13-10-14-18-41)45-33-25-39(26-34-45)47(6,7)35(2)3/h9-35H,8H2,1-7H3. The van der Waals surface area contributed by atoms with Gasteiger partial charge in [0.1, 0.15) is 0 Å². The van der Waals surface area contributed by atoms with E-state index >= 15 is 0 Å². The smallest absolute Gasteiger partial charge is 0.0462 e. The highest BCUT2D eigenvalue weighted by Crippen LogP contribution is 2.40. The average molecular weight is 643 g/mol. The molecular formula is C47H50N2. The van der Waals surface area contributed by atoms with Crippen molar-refractivity contribution in [3.05, 3.63) is 169 Å². The van der Waals surface area contributed by atoms with Crippen LogP contribution < -0.4 is 9.80 Å². The number of hydrogen-bond donors (Lipinski definition) is 0. The van der Waals surface area contributed by atoms with Gasteiger partial charge in [0.2, 0.25) is 0 Å². The molecule has 0 radical (unpaired) electrons. The number of hydrogen-bond acceptors (Lipinski definition) is 2. The minimum atomic E-state index is 0.113. The molecule has 0 heterocycles. The molecule has 0 fully saturated rings. The molecule has 6 aromatic rings. The number of para-hydroxylation sites is 2. The summed E-state index contributed by atoms with van der Waals surface area (Å²) in [5.41, 5.74) is 12.2. The van der Waals surface area contributed by atoms with Crippen LogP contribution >= 0.6 is 0 Å². The van der Waals surface area contributed by atoms with Crippen molar-refractivity contribution in [1.82, 2.24) is 0 Å². The molecule has 49 heavy (non-hydrogen) atoms. The third-order valence-electron chi connectivity index (χ3n) is 10.7. The first-order valence-corrected chi connectivity index (χ1v) is 17.7.